The number of hydrogen-bond acceptors (Lipinski definition) is 5. The molecule has 3 aromatic rings. The first-order valence-corrected chi connectivity index (χ1v) is 11.3. The van der Waals surface area contributed by atoms with E-state index in [1.54, 1.807) is 6.20 Å². The van der Waals surface area contributed by atoms with Gasteiger partial charge in [0.15, 0.2) is 0 Å². The lowest BCUT2D eigenvalue weighted by Crippen LogP contribution is -2.42. The summed E-state index contributed by atoms with van der Waals surface area (Å²) in [7, 11) is 0. The molecule has 2 aliphatic heterocycles. The minimum absolute atomic E-state index is 0.627. The fourth-order valence-electron chi connectivity index (χ4n) is 4.58. The van der Waals surface area contributed by atoms with Crippen LogP contribution >= 0.6 is 11.6 Å². The Hall–Kier alpha value is -2.86. The summed E-state index contributed by atoms with van der Waals surface area (Å²) in [6.45, 7) is 2.63. The maximum atomic E-state index is 11.1. The van der Waals surface area contributed by atoms with Crippen molar-refractivity contribution in [2.75, 3.05) is 25.4 Å². The SMILES string of the molecule is Nc1ccc2c(c1)C(=CCCN1CCC(O)(c3ccc(Cl)cc3)CC1)c1cccnc1O2. The quantitative estimate of drug-likeness (QED) is 0.419. The van der Waals surface area contributed by atoms with Crippen LogP contribution in [-0.2, 0) is 5.60 Å². The number of anilines is 1. The molecule has 1 aromatic heterocycles. The number of nitrogens with two attached hydrogens (primary N) is 1. The molecule has 164 valence electrons. The lowest BCUT2D eigenvalue weighted by atomic mass is 9.84. The Bertz CT molecular complexity index is 1150. The molecule has 0 spiro atoms. The molecule has 5 nitrogen and oxygen atoms in total. The summed E-state index contributed by atoms with van der Waals surface area (Å²) in [6.07, 6.45) is 6.31. The second-order valence-electron chi connectivity index (χ2n) is 8.50. The van der Waals surface area contributed by atoms with Crippen LogP contribution in [0.15, 0.2) is 66.9 Å². The van der Waals surface area contributed by atoms with Gasteiger partial charge >= 0.3 is 0 Å². The number of nitrogens with zero attached hydrogens (tertiary/aromatic N) is 2. The number of aromatic nitrogens is 1. The summed E-state index contributed by atoms with van der Waals surface area (Å²) in [4.78, 5) is 6.81. The highest BCUT2D eigenvalue weighted by molar-refractivity contribution is 6.30. The van der Waals surface area contributed by atoms with E-state index < -0.39 is 5.60 Å². The van der Waals surface area contributed by atoms with Gasteiger partial charge in [0.1, 0.15) is 5.75 Å². The number of rotatable bonds is 4. The molecule has 0 aliphatic carbocycles. The van der Waals surface area contributed by atoms with Gasteiger partial charge in [0.2, 0.25) is 5.88 Å². The molecule has 6 heteroatoms. The summed E-state index contributed by atoms with van der Waals surface area (Å²) in [6, 6.07) is 17.2. The van der Waals surface area contributed by atoms with Gasteiger partial charge in [-0.3, -0.25) is 0 Å². The van der Waals surface area contributed by atoms with Crippen molar-refractivity contribution >= 4 is 22.9 Å². The van der Waals surface area contributed by atoms with Crippen LogP contribution in [0.3, 0.4) is 0 Å². The van der Waals surface area contributed by atoms with Crippen molar-refractivity contribution in [2.24, 2.45) is 0 Å². The Balaban J connectivity index is 1.28. The number of ether oxygens (including phenoxy) is 1. The van der Waals surface area contributed by atoms with Crippen LogP contribution in [0.1, 0.15) is 36.0 Å². The van der Waals surface area contributed by atoms with Crippen molar-refractivity contribution in [1.29, 1.82) is 0 Å². The predicted molar refractivity (Wildman–Crippen MR) is 128 cm³/mol. The van der Waals surface area contributed by atoms with E-state index >= 15 is 0 Å². The zero-order chi connectivity index (χ0) is 22.1. The van der Waals surface area contributed by atoms with Gasteiger partial charge in [-0.15, -0.1) is 0 Å². The topological polar surface area (TPSA) is 71.6 Å². The lowest BCUT2D eigenvalue weighted by Gasteiger charge is -2.38. The van der Waals surface area contributed by atoms with E-state index in [-0.39, 0.29) is 0 Å². The molecule has 0 unspecified atom stereocenters. The number of fused-ring (bicyclic) bond motifs is 2. The standard InChI is InChI=1S/C26H26ClN3O2/c27-19-7-5-18(6-8-19)26(31)11-15-30(16-12-26)14-2-4-21-22-3-1-13-29-25(22)32-24-10-9-20(28)17-23(21)24/h1,3-10,13,17,31H,2,11-12,14-16,28H2. The number of hydrogen-bond donors (Lipinski definition) is 2. The van der Waals surface area contributed by atoms with Crippen molar-refractivity contribution in [1.82, 2.24) is 9.88 Å². The minimum atomic E-state index is -0.776. The number of pyridine rings is 1. The van der Waals surface area contributed by atoms with Gasteiger partial charge < -0.3 is 20.5 Å². The first kappa shape index (κ1) is 21.0. The highest BCUT2D eigenvalue weighted by Gasteiger charge is 2.33. The van der Waals surface area contributed by atoms with Gasteiger partial charge in [0.05, 0.1) is 5.60 Å². The van der Waals surface area contributed by atoms with E-state index in [2.05, 4.69) is 16.0 Å². The van der Waals surface area contributed by atoms with Gasteiger partial charge in [0.25, 0.3) is 0 Å². The third-order valence-corrected chi connectivity index (χ3v) is 6.67. The predicted octanol–water partition coefficient (Wildman–Crippen LogP) is 5.23. The number of likely N-dealkylation sites (tertiary alicyclic amines) is 1. The lowest BCUT2D eigenvalue weighted by molar-refractivity contribution is -0.0254. The minimum Gasteiger partial charge on any atom is -0.438 e. The highest BCUT2D eigenvalue weighted by Crippen LogP contribution is 2.43. The maximum absolute atomic E-state index is 11.1. The average Bonchev–Trinajstić information content (AvgIpc) is 2.80. The molecule has 1 saturated heterocycles. The first-order valence-electron chi connectivity index (χ1n) is 11.0. The molecule has 0 radical (unpaired) electrons. The van der Waals surface area contributed by atoms with E-state index in [1.165, 1.54) is 0 Å². The zero-order valence-electron chi connectivity index (χ0n) is 17.8. The molecule has 2 aliphatic rings. The molecule has 3 heterocycles. The van der Waals surface area contributed by atoms with Crippen molar-refractivity contribution in [3.05, 3.63) is 88.6 Å². The number of benzene rings is 2. The average molecular weight is 448 g/mol. The third-order valence-electron chi connectivity index (χ3n) is 6.42. The van der Waals surface area contributed by atoms with Crippen molar-refractivity contribution < 1.29 is 9.84 Å². The van der Waals surface area contributed by atoms with Gasteiger partial charge in [-0.1, -0.05) is 29.8 Å². The first-order chi connectivity index (χ1) is 15.5. The van der Waals surface area contributed by atoms with Gasteiger partial charge in [-0.2, -0.15) is 0 Å². The van der Waals surface area contributed by atoms with E-state index in [0.717, 1.165) is 54.1 Å². The van der Waals surface area contributed by atoms with Crippen LogP contribution in [-0.4, -0.2) is 34.6 Å². The number of aliphatic hydroxyl groups is 1. The smallest absolute Gasteiger partial charge is 0.227 e. The molecule has 32 heavy (non-hydrogen) atoms. The van der Waals surface area contributed by atoms with Crippen LogP contribution in [0.4, 0.5) is 5.69 Å². The summed E-state index contributed by atoms with van der Waals surface area (Å²) in [5.41, 5.74) is 10.0. The molecule has 0 amide bonds. The zero-order valence-corrected chi connectivity index (χ0v) is 18.6. The Labute approximate surface area is 193 Å². The highest BCUT2D eigenvalue weighted by atomic mass is 35.5. The molecule has 0 saturated carbocycles. The summed E-state index contributed by atoms with van der Waals surface area (Å²) in [5.74, 6) is 1.41. The number of halogens is 1. The molecular formula is C26H26ClN3O2. The van der Waals surface area contributed by atoms with E-state index in [1.807, 2.05) is 54.6 Å². The van der Waals surface area contributed by atoms with E-state index in [4.69, 9.17) is 22.1 Å². The normalized spacial score (nSPS) is 18.6. The summed E-state index contributed by atoms with van der Waals surface area (Å²) >= 11 is 6.00. The van der Waals surface area contributed by atoms with Crippen molar-refractivity contribution in [3.63, 3.8) is 0 Å². The second kappa shape index (κ2) is 8.58. The monoisotopic (exact) mass is 447 g/mol. The Morgan fingerprint density at radius 3 is 2.66 bits per heavy atom. The Kier molecular flexibility index (Phi) is 5.64. The van der Waals surface area contributed by atoms with Crippen LogP contribution < -0.4 is 10.5 Å². The maximum Gasteiger partial charge on any atom is 0.227 e. The molecule has 2 aromatic carbocycles. The molecule has 0 atom stereocenters. The van der Waals surface area contributed by atoms with E-state index in [9.17, 15) is 5.11 Å². The fourth-order valence-corrected chi connectivity index (χ4v) is 4.71. The van der Waals surface area contributed by atoms with Gasteiger partial charge in [0, 0.05) is 47.7 Å². The third kappa shape index (κ3) is 4.11. The fraction of sp³-hybridized carbons (Fsp3) is 0.269. The van der Waals surface area contributed by atoms with Gasteiger partial charge in [-0.05, 0) is 72.9 Å². The van der Waals surface area contributed by atoms with Gasteiger partial charge in [-0.25, -0.2) is 4.98 Å². The van der Waals surface area contributed by atoms with Crippen molar-refractivity contribution in [2.45, 2.75) is 24.9 Å². The van der Waals surface area contributed by atoms with Crippen LogP contribution in [0.25, 0.3) is 5.57 Å². The van der Waals surface area contributed by atoms with Crippen LogP contribution in [0.2, 0.25) is 5.02 Å². The molecular weight excluding hydrogens is 422 g/mol. The van der Waals surface area contributed by atoms with Crippen LogP contribution in [0.5, 0.6) is 11.6 Å². The molecule has 5 rings (SSSR count). The second-order valence-corrected chi connectivity index (χ2v) is 8.94. The summed E-state index contributed by atoms with van der Waals surface area (Å²) < 4.78 is 5.98. The van der Waals surface area contributed by atoms with Crippen molar-refractivity contribution in [3.8, 4) is 11.6 Å². The van der Waals surface area contributed by atoms with E-state index in [0.29, 0.717) is 29.4 Å². The largest absolute Gasteiger partial charge is 0.438 e. The summed E-state index contributed by atoms with van der Waals surface area (Å²) in [5, 5.41) is 11.8. The molecule has 1 fully saturated rings. The Morgan fingerprint density at radius 1 is 1.09 bits per heavy atom. The molecule has 3 N–H and O–H groups in total. The van der Waals surface area contributed by atoms with Crippen LogP contribution in [0, 0.1) is 0 Å². The Morgan fingerprint density at radius 2 is 1.88 bits per heavy atom. The number of nitrogen functional groups attached to an aromatic ring is 1. The molecule has 0 bridgehead atoms. The number of piperidine rings is 1.